The maximum absolute atomic E-state index is 5.86. The molecule has 0 aromatic heterocycles. The molecule has 0 fully saturated rings. The second kappa shape index (κ2) is 4.86. The lowest BCUT2D eigenvalue weighted by Crippen LogP contribution is -2.08. The minimum Gasteiger partial charge on any atom is -0.495 e. The van der Waals surface area contributed by atoms with Gasteiger partial charge in [-0.05, 0) is 12.1 Å². The lowest BCUT2D eigenvalue weighted by molar-refractivity contribution is 0.415. The first kappa shape index (κ1) is 10.9. The summed E-state index contributed by atoms with van der Waals surface area (Å²) >= 11 is 5.86. The highest BCUT2D eigenvalue weighted by Crippen LogP contribution is 2.28. The Morgan fingerprint density at radius 3 is 2.86 bits per heavy atom. The zero-order chi connectivity index (χ0) is 10.6. The van der Waals surface area contributed by atoms with Crippen molar-refractivity contribution < 1.29 is 4.74 Å². The van der Waals surface area contributed by atoms with Crippen molar-refractivity contribution in [2.24, 2.45) is 10.7 Å². The van der Waals surface area contributed by atoms with Gasteiger partial charge in [0.05, 0.1) is 23.7 Å². The summed E-state index contributed by atoms with van der Waals surface area (Å²) in [6, 6.07) is 5.29. The van der Waals surface area contributed by atoms with Crippen LogP contribution in [-0.2, 0) is 0 Å². The van der Waals surface area contributed by atoms with E-state index in [9.17, 15) is 0 Å². The molecule has 0 radical (unpaired) electrons. The summed E-state index contributed by atoms with van der Waals surface area (Å²) in [6.07, 6.45) is 0.727. The second-order valence-corrected chi connectivity index (χ2v) is 3.18. The quantitative estimate of drug-likeness (QED) is 0.619. The molecule has 1 aromatic carbocycles. The van der Waals surface area contributed by atoms with Gasteiger partial charge < -0.3 is 10.5 Å². The van der Waals surface area contributed by atoms with Gasteiger partial charge in [0.25, 0.3) is 0 Å². The molecule has 0 saturated heterocycles. The molecular weight excluding hydrogens is 200 g/mol. The molecule has 0 amide bonds. The fraction of sp³-hybridized carbons (Fsp3) is 0.300. The van der Waals surface area contributed by atoms with Crippen LogP contribution >= 0.6 is 11.6 Å². The van der Waals surface area contributed by atoms with Gasteiger partial charge in [0, 0.05) is 12.5 Å². The summed E-state index contributed by atoms with van der Waals surface area (Å²) in [5.74, 6) is 1.20. The first-order valence-electron chi connectivity index (χ1n) is 4.34. The predicted molar refractivity (Wildman–Crippen MR) is 59.6 cm³/mol. The monoisotopic (exact) mass is 212 g/mol. The van der Waals surface area contributed by atoms with E-state index in [2.05, 4.69) is 4.99 Å². The standard InChI is InChI=1S/C10H13ClN2O/c1-3-10(12)13-7-4-5-8(11)9(6-7)14-2/h4-6H,3H2,1-2H3,(H2,12,13). The van der Waals surface area contributed by atoms with Crippen molar-refractivity contribution >= 4 is 23.1 Å². The van der Waals surface area contributed by atoms with E-state index in [4.69, 9.17) is 22.1 Å². The van der Waals surface area contributed by atoms with Crippen LogP contribution < -0.4 is 10.5 Å². The van der Waals surface area contributed by atoms with Crippen LogP contribution in [0.3, 0.4) is 0 Å². The van der Waals surface area contributed by atoms with Crippen LogP contribution in [-0.4, -0.2) is 12.9 Å². The van der Waals surface area contributed by atoms with Crippen molar-refractivity contribution in [3.8, 4) is 5.75 Å². The maximum Gasteiger partial charge on any atom is 0.139 e. The Labute approximate surface area is 88.5 Å². The van der Waals surface area contributed by atoms with Crippen molar-refractivity contribution in [3.63, 3.8) is 0 Å². The number of methoxy groups -OCH3 is 1. The Balaban J connectivity index is 3.01. The van der Waals surface area contributed by atoms with E-state index in [0.29, 0.717) is 16.6 Å². The number of hydrogen-bond acceptors (Lipinski definition) is 2. The van der Waals surface area contributed by atoms with Gasteiger partial charge in [-0.25, -0.2) is 4.99 Å². The summed E-state index contributed by atoms with van der Waals surface area (Å²) in [5, 5.41) is 0.571. The zero-order valence-corrected chi connectivity index (χ0v) is 9.01. The molecular formula is C10H13ClN2O. The zero-order valence-electron chi connectivity index (χ0n) is 8.25. The number of rotatable bonds is 3. The van der Waals surface area contributed by atoms with Gasteiger partial charge in [-0.3, -0.25) is 0 Å². The van der Waals surface area contributed by atoms with E-state index in [1.807, 2.05) is 6.92 Å². The van der Waals surface area contributed by atoms with Crippen LogP contribution in [0.2, 0.25) is 5.02 Å². The number of benzene rings is 1. The minimum atomic E-state index is 0.571. The van der Waals surface area contributed by atoms with E-state index in [0.717, 1.165) is 12.1 Å². The van der Waals surface area contributed by atoms with Gasteiger partial charge in [-0.1, -0.05) is 18.5 Å². The van der Waals surface area contributed by atoms with E-state index in [1.165, 1.54) is 0 Å². The molecule has 1 aromatic rings. The maximum atomic E-state index is 5.86. The van der Waals surface area contributed by atoms with Crippen molar-refractivity contribution in [1.82, 2.24) is 0 Å². The molecule has 0 atom stereocenters. The van der Waals surface area contributed by atoms with Gasteiger partial charge in [0.2, 0.25) is 0 Å². The molecule has 0 unspecified atom stereocenters. The third-order valence-electron chi connectivity index (χ3n) is 1.77. The number of amidine groups is 1. The molecule has 4 heteroatoms. The Hall–Kier alpha value is -1.22. The van der Waals surface area contributed by atoms with Crippen LogP contribution in [0.4, 0.5) is 5.69 Å². The molecule has 0 heterocycles. The summed E-state index contributed by atoms with van der Waals surface area (Å²) in [6.45, 7) is 1.95. The van der Waals surface area contributed by atoms with Gasteiger partial charge in [-0.2, -0.15) is 0 Å². The number of nitrogens with zero attached hydrogens (tertiary/aromatic N) is 1. The molecule has 76 valence electrons. The highest BCUT2D eigenvalue weighted by molar-refractivity contribution is 6.32. The largest absolute Gasteiger partial charge is 0.495 e. The van der Waals surface area contributed by atoms with Crippen LogP contribution in [0.25, 0.3) is 0 Å². The molecule has 0 spiro atoms. The molecule has 0 aliphatic carbocycles. The number of halogens is 1. The van der Waals surface area contributed by atoms with Crippen LogP contribution in [0.15, 0.2) is 23.2 Å². The smallest absolute Gasteiger partial charge is 0.139 e. The van der Waals surface area contributed by atoms with Gasteiger partial charge in [-0.15, -0.1) is 0 Å². The third-order valence-corrected chi connectivity index (χ3v) is 2.08. The number of hydrogen-bond donors (Lipinski definition) is 1. The summed E-state index contributed by atoms with van der Waals surface area (Å²) in [5.41, 5.74) is 6.37. The fourth-order valence-corrected chi connectivity index (χ4v) is 1.16. The van der Waals surface area contributed by atoms with Gasteiger partial charge >= 0.3 is 0 Å². The molecule has 0 aliphatic rings. The summed E-state index contributed by atoms with van der Waals surface area (Å²) < 4.78 is 5.06. The first-order chi connectivity index (χ1) is 6.67. The first-order valence-corrected chi connectivity index (χ1v) is 4.71. The van der Waals surface area contributed by atoms with E-state index in [-0.39, 0.29) is 0 Å². The molecule has 2 N–H and O–H groups in total. The second-order valence-electron chi connectivity index (χ2n) is 2.78. The lowest BCUT2D eigenvalue weighted by Gasteiger charge is -2.03. The third kappa shape index (κ3) is 2.64. The Morgan fingerprint density at radius 2 is 2.29 bits per heavy atom. The van der Waals surface area contributed by atoms with Crippen molar-refractivity contribution in [2.75, 3.05) is 7.11 Å². The lowest BCUT2D eigenvalue weighted by atomic mass is 10.3. The molecule has 0 aliphatic heterocycles. The molecule has 14 heavy (non-hydrogen) atoms. The Kier molecular flexibility index (Phi) is 3.77. The number of nitrogens with two attached hydrogens (primary N) is 1. The van der Waals surface area contributed by atoms with Crippen LogP contribution in [0, 0.1) is 0 Å². The SMILES string of the molecule is CCC(N)=Nc1ccc(Cl)c(OC)c1. The highest BCUT2D eigenvalue weighted by Gasteiger charge is 2.00. The predicted octanol–water partition coefficient (Wildman–Crippen LogP) is 2.75. The summed E-state index contributed by atoms with van der Waals surface area (Å²) in [7, 11) is 1.57. The number of ether oxygens (including phenoxy) is 1. The van der Waals surface area contributed by atoms with Crippen molar-refractivity contribution in [3.05, 3.63) is 23.2 Å². The number of aliphatic imine (C=N–C) groups is 1. The van der Waals surface area contributed by atoms with E-state index < -0.39 is 0 Å². The topological polar surface area (TPSA) is 47.6 Å². The van der Waals surface area contributed by atoms with Gasteiger partial charge in [0.1, 0.15) is 5.75 Å². The average Bonchev–Trinajstić information content (AvgIpc) is 2.20. The minimum absolute atomic E-state index is 0.571. The average molecular weight is 213 g/mol. The van der Waals surface area contributed by atoms with Crippen LogP contribution in [0.1, 0.15) is 13.3 Å². The summed E-state index contributed by atoms with van der Waals surface area (Å²) in [4.78, 5) is 4.18. The van der Waals surface area contributed by atoms with Crippen molar-refractivity contribution in [1.29, 1.82) is 0 Å². The van der Waals surface area contributed by atoms with E-state index in [1.54, 1.807) is 25.3 Å². The highest BCUT2D eigenvalue weighted by atomic mass is 35.5. The fourth-order valence-electron chi connectivity index (χ4n) is 0.963. The molecule has 3 nitrogen and oxygen atoms in total. The normalized spacial score (nSPS) is 11.5. The Morgan fingerprint density at radius 1 is 1.57 bits per heavy atom. The molecule has 0 bridgehead atoms. The van der Waals surface area contributed by atoms with Gasteiger partial charge in [0.15, 0.2) is 0 Å². The molecule has 0 saturated carbocycles. The Bertz CT molecular complexity index is 350. The van der Waals surface area contributed by atoms with Crippen molar-refractivity contribution in [2.45, 2.75) is 13.3 Å². The van der Waals surface area contributed by atoms with E-state index >= 15 is 0 Å². The molecule has 1 rings (SSSR count). The van der Waals surface area contributed by atoms with Crippen LogP contribution in [0.5, 0.6) is 5.75 Å².